The third-order valence-electron chi connectivity index (χ3n) is 7.85. The van der Waals surface area contributed by atoms with Crippen molar-refractivity contribution in [2.24, 2.45) is 0 Å². The van der Waals surface area contributed by atoms with E-state index in [2.05, 4.69) is 10.3 Å². The highest BCUT2D eigenvalue weighted by molar-refractivity contribution is 5.90. The average molecular weight is 627 g/mol. The summed E-state index contributed by atoms with van der Waals surface area (Å²) in [6, 6.07) is 4.18. The number of hydrogen-bond donors (Lipinski definition) is 2. The molecule has 0 fully saturated rings. The Kier molecular flexibility index (Phi) is 8.21. The highest BCUT2D eigenvalue weighted by Crippen LogP contribution is 2.41. The number of hydrogen-bond acceptors (Lipinski definition) is 10. The van der Waals surface area contributed by atoms with Crippen molar-refractivity contribution in [3.8, 4) is 17.1 Å². The van der Waals surface area contributed by atoms with E-state index in [1.165, 1.54) is 28.7 Å². The van der Waals surface area contributed by atoms with Gasteiger partial charge in [0.1, 0.15) is 18.8 Å². The predicted molar refractivity (Wildman–Crippen MR) is 158 cm³/mol. The molecule has 3 aromatic rings. The van der Waals surface area contributed by atoms with Crippen molar-refractivity contribution in [3.63, 3.8) is 0 Å². The molecule has 4 heterocycles. The summed E-state index contributed by atoms with van der Waals surface area (Å²) in [6.07, 6.45) is -1.33. The van der Waals surface area contributed by atoms with E-state index in [0.717, 1.165) is 0 Å². The van der Waals surface area contributed by atoms with Gasteiger partial charge in [0, 0.05) is 48.3 Å². The molecule has 1 atom stereocenters. The van der Waals surface area contributed by atoms with Crippen molar-refractivity contribution in [3.05, 3.63) is 56.6 Å². The number of benzene rings is 1. The van der Waals surface area contributed by atoms with Crippen molar-refractivity contribution in [2.45, 2.75) is 65.1 Å². The SMILES string of the molecule is CC[C@@]1(O)C(=O)OCc2c1cc1n(c2=O)Cc2c-1nc1cc(F)c(OC)cc1c2COC(=O)NCCN(C)C(=O)OC(C)(C)C. The minimum Gasteiger partial charge on any atom is -0.494 e. The molecule has 1 aromatic carbocycles. The molecule has 240 valence electrons. The van der Waals surface area contributed by atoms with Gasteiger partial charge < -0.3 is 38.8 Å². The van der Waals surface area contributed by atoms with Crippen LogP contribution >= 0.6 is 0 Å². The molecule has 5 rings (SSSR count). The van der Waals surface area contributed by atoms with Crippen molar-refractivity contribution < 1.29 is 42.8 Å². The minimum absolute atomic E-state index is 0.0213. The molecule has 2 amide bonds. The van der Waals surface area contributed by atoms with Gasteiger partial charge >= 0.3 is 18.2 Å². The molecule has 13 nitrogen and oxygen atoms in total. The van der Waals surface area contributed by atoms with E-state index in [1.807, 2.05) is 0 Å². The van der Waals surface area contributed by atoms with Crippen LogP contribution in [0.1, 0.15) is 56.4 Å². The Balaban J connectivity index is 1.47. The first-order chi connectivity index (χ1) is 21.2. The number of aliphatic hydroxyl groups is 1. The Morgan fingerprint density at radius 1 is 1.22 bits per heavy atom. The van der Waals surface area contributed by atoms with Crippen LogP contribution in [0.5, 0.6) is 5.75 Å². The third-order valence-corrected chi connectivity index (χ3v) is 7.85. The second-order valence-corrected chi connectivity index (χ2v) is 11.9. The number of fused-ring (bicyclic) bond motifs is 5. The number of amides is 2. The summed E-state index contributed by atoms with van der Waals surface area (Å²) in [5.74, 6) is -1.56. The van der Waals surface area contributed by atoms with E-state index in [9.17, 15) is 28.7 Å². The molecule has 0 unspecified atom stereocenters. The smallest absolute Gasteiger partial charge is 0.410 e. The van der Waals surface area contributed by atoms with Gasteiger partial charge in [0.25, 0.3) is 5.56 Å². The fourth-order valence-corrected chi connectivity index (χ4v) is 5.43. The fourth-order valence-electron chi connectivity index (χ4n) is 5.43. The Morgan fingerprint density at radius 2 is 1.96 bits per heavy atom. The van der Waals surface area contributed by atoms with Gasteiger partial charge in [-0.1, -0.05) is 6.92 Å². The number of carbonyl (C=O) groups is 3. The summed E-state index contributed by atoms with van der Waals surface area (Å²) in [5.41, 5.74) is -0.976. The zero-order valence-electron chi connectivity index (χ0n) is 25.9. The normalized spacial score (nSPS) is 16.8. The molecule has 0 bridgehead atoms. The Hall–Kier alpha value is -4.72. The Bertz CT molecular complexity index is 1780. The fraction of sp³-hybridized carbons (Fsp3) is 0.452. The van der Waals surface area contributed by atoms with Crippen LogP contribution in [0, 0.1) is 5.82 Å². The van der Waals surface area contributed by atoms with Gasteiger partial charge in [-0.2, -0.15) is 0 Å². The Labute approximate surface area is 257 Å². The van der Waals surface area contributed by atoms with Crippen LogP contribution in [-0.4, -0.2) is 70.6 Å². The first-order valence-corrected chi connectivity index (χ1v) is 14.4. The highest BCUT2D eigenvalue weighted by Gasteiger charge is 2.45. The molecule has 2 aliphatic rings. The topological polar surface area (TPSA) is 159 Å². The number of esters is 1. The van der Waals surface area contributed by atoms with Gasteiger partial charge in [-0.15, -0.1) is 0 Å². The minimum atomic E-state index is -2.01. The number of rotatable bonds is 7. The summed E-state index contributed by atoms with van der Waals surface area (Å²) < 4.78 is 37.4. The standard InChI is InChI=1S/C31H35FN4O9/c1-7-31(41)20-11-23-25-17(13-36(23)26(37)19(20)15-43-27(31)38)18(16-10-24(42-6)21(32)12-22(16)34-25)14-44-28(39)33-8-9-35(5)29(40)45-30(2,3)4/h10-12,41H,7-9,13-15H2,1-6H3,(H,33,39)/t31-/m0/s1. The van der Waals surface area contributed by atoms with Crippen molar-refractivity contribution >= 4 is 29.1 Å². The molecule has 0 aliphatic carbocycles. The van der Waals surface area contributed by atoms with Crippen LogP contribution in [0.2, 0.25) is 0 Å². The van der Waals surface area contributed by atoms with Gasteiger partial charge in [0.15, 0.2) is 17.2 Å². The van der Waals surface area contributed by atoms with E-state index >= 15 is 0 Å². The number of likely N-dealkylation sites (N-methyl/N-ethyl adjacent to an activating group) is 1. The van der Waals surface area contributed by atoms with Crippen LogP contribution in [0.4, 0.5) is 14.0 Å². The van der Waals surface area contributed by atoms with Gasteiger partial charge in [0.2, 0.25) is 0 Å². The van der Waals surface area contributed by atoms with Crippen molar-refractivity contribution in [1.29, 1.82) is 0 Å². The number of carbonyl (C=O) groups excluding carboxylic acids is 3. The molecular formula is C31H35FN4O9. The lowest BCUT2D eigenvalue weighted by Crippen LogP contribution is -2.44. The van der Waals surface area contributed by atoms with Crippen molar-refractivity contribution in [2.75, 3.05) is 27.2 Å². The Morgan fingerprint density at radius 3 is 2.62 bits per heavy atom. The number of nitrogens with zero attached hydrogens (tertiary/aromatic N) is 3. The maximum atomic E-state index is 14.8. The van der Waals surface area contributed by atoms with Crippen LogP contribution in [-0.2, 0) is 44.4 Å². The quantitative estimate of drug-likeness (QED) is 0.230. The first-order valence-electron chi connectivity index (χ1n) is 14.4. The zero-order chi connectivity index (χ0) is 32.8. The molecule has 0 spiro atoms. The molecule has 2 aliphatic heterocycles. The number of ether oxygens (including phenoxy) is 4. The van der Waals surface area contributed by atoms with E-state index in [4.69, 9.17) is 18.9 Å². The van der Waals surface area contributed by atoms with Crippen LogP contribution in [0.25, 0.3) is 22.3 Å². The molecule has 2 aromatic heterocycles. The van der Waals surface area contributed by atoms with E-state index in [1.54, 1.807) is 40.8 Å². The highest BCUT2D eigenvalue weighted by atomic mass is 19.1. The van der Waals surface area contributed by atoms with Gasteiger partial charge in [-0.25, -0.2) is 23.8 Å². The lowest BCUT2D eigenvalue weighted by atomic mass is 9.86. The first kappa shape index (κ1) is 31.7. The predicted octanol–water partition coefficient (Wildman–Crippen LogP) is 3.32. The largest absolute Gasteiger partial charge is 0.494 e. The number of pyridine rings is 2. The second-order valence-electron chi connectivity index (χ2n) is 11.9. The molecule has 45 heavy (non-hydrogen) atoms. The second kappa shape index (κ2) is 11.7. The van der Waals surface area contributed by atoms with Crippen LogP contribution < -0.4 is 15.6 Å². The lowest BCUT2D eigenvalue weighted by molar-refractivity contribution is -0.172. The third kappa shape index (κ3) is 5.77. The summed E-state index contributed by atoms with van der Waals surface area (Å²) in [6.45, 7) is 6.58. The van der Waals surface area contributed by atoms with Gasteiger partial charge in [-0.05, 0) is 39.3 Å². The van der Waals surface area contributed by atoms with E-state index in [0.29, 0.717) is 27.9 Å². The summed E-state index contributed by atoms with van der Waals surface area (Å²) in [7, 11) is 2.86. The van der Waals surface area contributed by atoms with Gasteiger partial charge in [0.05, 0.1) is 36.1 Å². The molecule has 14 heteroatoms. The summed E-state index contributed by atoms with van der Waals surface area (Å²) in [5, 5.41) is 14.2. The molecule has 0 saturated carbocycles. The molecule has 0 radical (unpaired) electrons. The van der Waals surface area contributed by atoms with Crippen LogP contribution in [0.3, 0.4) is 0 Å². The number of cyclic esters (lactones) is 1. The molecule has 0 saturated heterocycles. The number of aromatic nitrogens is 2. The monoisotopic (exact) mass is 626 g/mol. The van der Waals surface area contributed by atoms with Crippen molar-refractivity contribution in [1.82, 2.24) is 19.8 Å². The number of nitrogens with one attached hydrogen (secondary N) is 1. The average Bonchev–Trinajstić information content (AvgIpc) is 3.34. The maximum Gasteiger partial charge on any atom is 0.410 e. The number of methoxy groups -OCH3 is 1. The van der Waals surface area contributed by atoms with Crippen LogP contribution in [0.15, 0.2) is 23.0 Å². The van der Waals surface area contributed by atoms with E-state index in [-0.39, 0.29) is 61.7 Å². The summed E-state index contributed by atoms with van der Waals surface area (Å²) >= 11 is 0. The van der Waals surface area contributed by atoms with E-state index < -0.39 is 40.7 Å². The van der Waals surface area contributed by atoms with Gasteiger partial charge in [-0.3, -0.25) is 4.79 Å². The number of halogens is 1. The summed E-state index contributed by atoms with van der Waals surface area (Å²) in [4.78, 5) is 57.0. The molecule has 2 N–H and O–H groups in total. The maximum absolute atomic E-state index is 14.8. The zero-order valence-corrected chi connectivity index (χ0v) is 25.9. The lowest BCUT2D eigenvalue weighted by Gasteiger charge is -2.31. The number of alkyl carbamates (subject to hydrolysis) is 1. The molecular weight excluding hydrogens is 591 g/mol.